The number of esters is 1. The summed E-state index contributed by atoms with van der Waals surface area (Å²) in [4.78, 5) is 24.7. The Labute approximate surface area is 151 Å². The average molecular weight is 361 g/mol. The fraction of sp³-hybridized carbons (Fsp3) is 0.300. The molecule has 0 aliphatic carbocycles. The molecule has 0 aromatic heterocycles. The fourth-order valence-corrected chi connectivity index (χ4v) is 2.37. The first-order valence-corrected chi connectivity index (χ1v) is 8.31. The van der Waals surface area contributed by atoms with Gasteiger partial charge in [-0.1, -0.05) is 44.2 Å². The highest BCUT2D eigenvalue weighted by molar-refractivity contribution is 5.86. The summed E-state index contributed by atoms with van der Waals surface area (Å²) in [5.41, 5.74) is 0.752. The van der Waals surface area contributed by atoms with E-state index in [1.807, 2.05) is 13.8 Å². The van der Waals surface area contributed by atoms with Crippen molar-refractivity contribution in [2.45, 2.75) is 26.3 Å². The van der Waals surface area contributed by atoms with E-state index in [9.17, 15) is 18.4 Å². The predicted octanol–water partition coefficient (Wildman–Crippen LogP) is 3.56. The summed E-state index contributed by atoms with van der Waals surface area (Å²) in [5, 5.41) is 2.59. The lowest BCUT2D eigenvalue weighted by Crippen LogP contribution is -2.36. The van der Waals surface area contributed by atoms with Crippen molar-refractivity contribution >= 4 is 11.9 Å². The molecule has 0 unspecified atom stereocenters. The molecule has 2 aromatic rings. The van der Waals surface area contributed by atoms with E-state index < -0.39 is 29.6 Å². The molecule has 1 atom stereocenters. The van der Waals surface area contributed by atoms with Gasteiger partial charge in [0.05, 0.1) is 13.0 Å². The molecule has 0 radical (unpaired) electrons. The third kappa shape index (κ3) is 5.95. The molecule has 1 N–H and O–H groups in total. The van der Waals surface area contributed by atoms with Gasteiger partial charge < -0.3 is 10.1 Å². The van der Waals surface area contributed by atoms with Gasteiger partial charge >= 0.3 is 5.97 Å². The van der Waals surface area contributed by atoms with Crippen molar-refractivity contribution in [3.05, 3.63) is 71.3 Å². The third-order valence-electron chi connectivity index (χ3n) is 3.52. The topological polar surface area (TPSA) is 55.4 Å². The average Bonchev–Trinajstić information content (AvgIpc) is 2.57. The molecule has 0 aliphatic rings. The molecule has 2 rings (SSSR count). The van der Waals surface area contributed by atoms with E-state index in [2.05, 4.69) is 5.32 Å². The summed E-state index contributed by atoms with van der Waals surface area (Å²) < 4.78 is 31.8. The van der Waals surface area contributed by atoms with Crippen LogP contribution in [-0.4, -0.2) is 18.5 Å². The second-order valence-electron chi connectivity index (χ2n) is 6.39. The number of benzene rings is 2. The van der Waals surface area contributed by atoms with Crippen LogP contribution in [0.1, 0.15) is 31.0 Å². The van der Waals surface area contributed by atoms with Crippen molar-refractivity contribution in [1.82, 2.24) is 5.32 Å². The van der Waals surface area contributed by atoms with Crippen LogP contribution < -0.4 is 5.32 Å². The molecule has 0 spiro atoms. The van der Waals surface area contributed by atoms with Crippen LogP contribution in [0.2, 0.25) is 0 Å². The summed E-state index contributed by atoms with van der Waals surface area (Å²) in [6.07, 6.45) is -0.254. The van der Waals surface area contributed by atoms with Crippen LogP contribution in [0.3, 0.4) is 0 Å². The Balaban J connectivity index is 2.12. The van der Waals surface area contributed by atoms with Crippen LogP contribution in [0.5, 0.6) is 0 Å². The lowest BCUT2D eigenvalue weighted by molar-refractivity contribution is -0.149. The second-order valence-corrected chi connectivity index (χ2v) is 6.39. The van der Waals surface area contributed by atoms with E-state index in [4.69, 9.17) is 4.74 Å². The van der Waals surface area contributed by atoms with Crippen molar-refractivity contribution in [2.75, 3.05) is 6.61 Å². The Kier molecular flexibility index (Phi) is 6.83. The van der Waals surface area contributed by atoms with E-state index in [1.54, 1.807) is 30.3 Å². The minimum Gasteiger partial charge on any atom is -0.464 e. The Hall–Kier alpha value is -2.76. The minimum absolute atomic E-state index is 0.154. The zero-order chi connectivity index (χ0) is 19.1. The van der Waals surface area contributed by atoms with Crippen molar-refractivity contribution in [1.29, 1.82) is 0 Å². The van der Waals surface area contributed by atoms with Crippen molar-refractivity contribution in [2.24, 2.45) is 5.92 Å². The number of ether oxygens (including phenoxy) is 1. The van der Waals surface area contributed by atoms with Crippen molar-refractivity contribution < 1.29 is 23.1 Å². The van der Waals surface area contributed by atoms with Gasteiger partial charge in [-0.05, 0) is 29.2 Å². The largest absolute Gasteiger partial charge is 0.464 e. The molecule has 0 saturated heterocycles. The number of carbonyl (C=O) groups is 2. The molecule has 2 aromatic carbocycles. The number of amides is 1. The highest BCUT2D eigenvalue weighted by Crippen LogP contribution is 2.16. The normalized spacial score (nSPS) is 11.9. The molecular weight excluding hydrogens is 340 g/mol. The van der Waals surface area contributed by atoms with Crippen LogP contribution in [0.15, 0.2) is 48.5 Å². The van der Waals surface area contributed by atoms with Gasteiger partial charge in [-0.2, -0.15) is 0 Å². The van der Waals surface area contributed by atoms with E-state index in [1.165, 1.54) is 0 Å². The first-order valence-electron chi connectivity index (χ1n) is 8.31. The van der Waals surface area contributed by atoms with Gasteiger partial charge in [-0.15, -0.1) is 0 Å². The van der Waals surface area contributed by atoms with Crippen LogP contribution in [0.4, 0.5) is 8.78 Å². The fourth-order valence-electron chi connectivity index (χ4n) is 2.37. The van der Waals surface area contributed by atoms with E-state index >= 15 is 0 Å². The highest BCUT2D eigenvalue weighted by atomic mass is 19.1. The number of hydrogen-bond donors (Lipinski definition) is 1. The molecular formula is C20H21F2NO3. The van der Waals surface area contributed by atoms with E-state index in [-0.39, 0.29) is 24.5 Å². The Morgan fingerprint density at radius 1 is 1.04 bits per heavy atom. The summed E-state index contributed by atoms with van der Waals surface area (Å²) in [6.45, 7) is 4.04. The monoisotopic (exact) mass is 361 g/mol. The highest BCUT2D eigenvalue weighted by Gasteiger charge is 2.24. The van der Waals surface area contributed by atoms with Crippen molar-refractivity contribution in [3.63, 3.8) is 0 Å². The molecule has 0 heterocycles. The van der Waals surface area contributed by atoms with Gasteiger partial charge in [-0.3, -0.25) is 4.79 Å². The molecule has 0 aliphatic heterocycles. The van der Waals surface area contributed by atoms with Gasteiger partial charge in [0.25, 0.3) is 0 Å². The minimum atomic E-state index is -0.985. The smallest absolute Gasteiger partial charge is 0.333 e. The molecule has 138 valence electrons. The summed E-state index contributed by atoms with van der Waals surface area (Å²) in [6, 6.07) is 10.6. The number of hydrogen-bond acceptors (Lipinski definition) is 3. The molecule has 1 amide bonds. The van der Waals surface area contributed by atoms with Crippen LogP contribution in [-0.2, 0) is 20.7 Å². The Bertz CT molecular complexity index is 743. The lowest BCUT2D eigenvalue weighted by Gasteiger charge is -2.19. The van der Waals surface area contributed by atoms with Gasteiger partial charge in [0.2, 0.25) is 5.91 Å². The number of halogens is 2. The van der Waals surface area contributed by atoms with Crippen LogP contribution >= 0.6 is 0 Å². The molecule has 0 saturated carbocycles. The summed E-state index contributed by atoms with van der Waals surface area (Å²) in [5.74, 6) is -2.48. The van der Waals surface area contributed by atoms with Gasteiger partial charge in [0, 0.05) is 6.07 Å². The van der Waals surface area contributed by atoms with Gasteiger partial charge in [-0.25, -0.2) is 13.6 Å². The van der Waals surface area contributed by atoms with Gasteiger partial charge in [0.15, 0.2) is 6.04 Å². The number of nitrogens with one attached hydrogen (secondary N) is 1. The maximum absolute atomic E-state index is 13.3. The zero-order valence-electron chi connectivity index (χ0n) is 14.7. The summed E-state index contributed by atoms with van der Waals surface area (Å²) in [7, 11) is 0. The molecule has 26 heavy (non-hydrogen) atoms. The number of carbonyl (C=O) groups excluding carboxylic acids is 2. The van der Waals surface area contributed by atoms with E-state index in [0.29, 0.717) is 5.56 Å². The van der Waals surface area contributed by atoms with E-state index in [0.717, 1.165) is 18.2 Å². The molecule has 0 bridgehead atoms. The molecule has 4 nitrogen and oxygen atoms in total. The predicted molar refractivity (Wildman–Crippen MR) is 93.2 cm³/mol. The summed E-state index contributed by atoms with van der Waals surface area (Å²) >= 11 is 0. The lowest BCUT2D eigenvalue weighted by atomic mass is 10.1. The maximum atomic E-state index is 13.3. The first-order chi connectivity index (χ1) is 12.3. The number of rotatable bonds is 7. The first kappa shape index (κ1) is 19.6. The SMILES string of the molecule is CC(C)COC(=O)[C@@H](NC(=O)Cc1cc(F)cc(F)c1)c1ccccc1. The molecule has 0 fully saturated rings. The second kappa shape index (κ2) is 9.08. The van der Waals surface area contributed by atoms with Gasteiger partial charge in [0.1, 0.15) is 11.6 Å². The quantitative estimate of drug-likeness (QED) is 0.767. The van der Waals surface area contributed by atoms with Crippen molar-refractivity contribution in [3.8, 4) is 0 Å². The Morgan fingerprint density at radius 3 is 2.23 bits per heavy atom. The Morgan fingerprint density at radius 2 is 1.65 bits per heavy atom. The molecule has 6 heteroatoms. The zero-order valence-corrected chi connectivity index (χ0v) is 14.7. The third-order valence-corrected chi connectivity index (χ3v) is 3.52. The van der Waals surface area contributed by atoms with Crippen LogP contribution in [0, 0.1) is 17.6 Å². The maximum Gasteiger partial charge on any atom is 0.333 e. The standard InChI is InChI=1S/C20H21F2NO3/c1-13(2)12-26-20(25)19(15-6-4-3-5-7-15)23-18(24)10-14-8-16(21)11-17(22)9-14/h3-9,11,13,19H,10,12H2,1-2H3,(H,23,24)/t19-/m0/s1. The van der Waals surface area contributed by atoms with Crippen LogP contribution in [0.25, 0.3) is 0 Å².